The summed E-state index contributed by atoms with van der Waals surface area (Å²) in [4.78, 5) is 26.1. The van der Waals surface area contributed by atoms with Crippen LogP contribution in [0.4, 0.5) is 10.5 Å². The maximum Gasteiger partial charge on any atom is 0.324 e. The molecule has 0 aromatic heterocycles. The second-order valence-electron chi connectivity index (χ2n) is 4.26. The molecule has 1 heterocycles. The molecule has 1 saturated heterocycles. The molecule has 96 valence electrons. The number of carboxylic acids is 1. The fourth-order valence-corrected chi connectivity index (χ4v) is 2.50. The van der Waals surface area contributed by atoms with E-state index in [1.165, 1.54) is 9.80 Å². The largest absolute Gasteiger partial charge is 0.481 e. The molecule has 2 rings (SSSR count). The molecule has 6 heteroatoms. The number of anilines is 1. The third-order valence-corrected chi connectivity index (χ3v) is 3.62. The van der Waals surface area contributed by atoms with E-state index >= 15 is 0 Å². The molecule has 1 unspecified atom stereocenters. The Balaban J connectivity index is 2.33. The molecule has 0 bridgehead atoms. The van der Waals surface area contributed by atoms with Gasteiger partial charge < -0.3 is 10.0 Å². The van der Waals surface area contributed by atoms with Crippen molar-refractivity contribution in [1.82, 2.24) is 4.90 Å². The molecule has 0 radical (unpaired) electrons. The average molecular weight is 313 g/mol. The lowest BCUT2D eigenvalue weighted by molar-refractivity contribution is -0.141. The second kappa shape index (κ2) is 4.97. The second-order valence-corrected chi connectivity index (χ2v) is 5.11. The van der Waals surface area contributed by atoms with Crippen LogP contribution in [0.1, 0.15) is 0 Å². The van der Waals surface area contributed by atoms with Crippen LogP contribution in [-0.4, -0.2) is 42.1 Å². The highest BCUT2D eigenvalue weighted by atomic mass is 79.9. The van der Waals surface area contributed by atoms with E-state index in [9.17, 15) is 9.59 Å². The van der Waals surface area contributed by atoms with Gasteiger partial charge in [-0.15, -0.1) is 0 Å². The minimum absolute atomic E-state index is 0.181. The Morgan fingerprint density at radius 2 is 2.06 bits per heavy atom. The van der Waals surface area contributed by atoms with Crippen LogP contribution in [-0.2, 0) is 4.79 Å². The van der Waals surface area contributed by atoms with E-state index in [2.05, 4.69) is 15.9 Å². The molecular formula is C12H13BrN2O3. The smallest absolute Gasteiger partial charge is 0.324 e. The molecule has 1 fully saturated rings. The minimum atomic E-state index is -0.883. The van der Waals surface area contributed by atoms with E-state index < -0.39 is 11.9 Å². The van der Waals surface area contributed by atoms with E-state index in [0.29, 0.717) is 5.69 Å². The normalized spacial score (nSPS) is 20.1. The molecule has 0 spiro atoms. The number of nitrogens with zero attached hydrogens (tertiary/aromatic N) is 2. The summed E-state index contributed by atoms with van der Waals surface area (Å²) >= 11 is 3.38. The molecule has 18 heavy (non-hydrogen) atoms. The van der Waals surface area contributed by atoms with Crippen molar-refractivity contribution in [1.29, 1.82) is 0 Å². The number of hydrogen-bond acceptors (Lipinski definition) is 2. The summed E-state index contributed by atoms with van der Waals surface area (Å²) in [7, 11) is 1.61. The molecule has 0 saturated carbocycles. The summed E-state index contributed by atoms with van der Waals surface area (Å²) in [5.74, 6) is -1.45. The predicted molar refractivity (Wildman–Crippen MR) is 70.6 cm³/mol. The first-order valence-corrected chi connectivity index (χ1v) is 6.30. The Kier molecular flexibility index (Phi) is 3.56. The van der Waals surface area contributed by atoms with Gasteiger partial charge in [0.15, 0.2) is 0 Å². The highest BCUT2D eigenvalue weighted by Gasteiger charge is 2.34. The monoisotopic (exact) mass is 312 g/mol. The third-order valence-electron chi connectivity index (χ3n) is 2.95. The van der Waals surface area contributed by atoms with Crippen molar-refractivity contribution in [2.24, 2.45) is 5.92 Å². The quantitative estimate of drug-likeness (QED) is 0.909. The molecular weight excluding hydrogens is 300 g/mol. The molecule has 1 aromatic carbocycles. The number of rotatable bonds is 2. The fraction of sp³-hybridized carbons (Fsp3) is 0.333. The van der Waals surface area contributed by atoms with Gasteiger partial charge >= 0.3 is 12.0 Å². The summed E-state index contributed by atoms with van der Waals surface area (Å²) in [6, 6.07) is 7.10. The van der Waals surface area contributed by atoms with Crippen LogP contribution in [0.3, 0.4) is 0 Å². The van der Waals surface area contributed by atoms with Crippen molar-refractivity contribution < 1.29 is 14.7 Å². The summed E-state index contributed by atoms with van der Waals surface area (Å²) in [5.41, 5.74) is 0.695. The zero-order valence-corrected chi connectivity index (χ0v) is 11.4. The first-order chi connectivity index (χ1) is 8.50. The van der Waals surface area contributed by atoms with E-state index in [-0.39, 0.29) is 19.1 Å². The number of benzene rings is 1. The number of para-hydroxylation sites is 1. The number of carboxylic acid groups (broad SMARTS) is 1. The van der Waals surface area contributed by atoms with Crippen LogP contribution in [0.15, 0.2) is 28.7 Å². The van der Waals surface area contributed by atoms with Gasteiger partial charge in [-0.3, -0.25) is 9.69 Å². The summed E-state index contributed by atoms with van der Waals surface area (Å²) < 4.78 is 0.776. The molecule has 1 aromatic rings. The number of halogens is 1. The predicted octanol–water partition coefficient (Wildman–Crippen LogP) is 2.02. The van der Waals surface area contributed by atoms with Gasteiger partial charge in [-0.05, 0) is 28.1 Å². The highest BCUT2D eigenvalue weighted by molar-refractivity contribution is 9.10. The molecule has 1 atom stereocenters. The van der Waals surface area contributed by atoms with Crippen molar-refractivity contribution in [2.75, 3.05) is 25.0 Å². The molecule has 5 nitrogen and oxygen atoms in total. The lowest BCUT2D eigenvalue weighted by atomic mass is 10.1. The van der Waals surface area contributed by atoms with Crippen molar-refractivity contribution in [3.05, 3.63) is 28.7 Å². The molecule has 1 N–H and O–H groups in total. The van der Waals surface area contributed by atoms with Crippen LogP contribution in [0.5, 0.6) is 0 Å². The minimum Gasteiger partial charge on any atom is -0.481 e. The molecule has 2 amide bonds. The number of urea groups is 1. The van der Waals surface area contributed by atoms with Gasteiger partial charge in [-0.2, -0.15) is 0 Å². The lowest BCUT2D eigenvalue weighted by Crippen LogP contribution is -2.54. The third kappa shape index (κ3) is 2.33. The fourth-order valence-electron chi connectivity index (χ4n) is 2.00. The number of carbonyl (C=O) groups is 2. The van der Waals surface area contributed by atoms with E-state index in [0.717, 1.165) is 4.47 Å². The Bertz CT molecular complexity index is 492. The topological polar surface area (TPSA) is 60.9 Å². The van der Waals surface area contributed by atoms with Crippen LogP contribution in [0.25, 0.3) is 0 Å². The first kappa shape index (κ1) is 12.9. The van der Waals surface area contributed by atoms with Gasteiger partial charge in [-0.1, -0.05) is 12.1 Å². The number of hydrogen-bond donors (Lipinski definition) is 1. The Morgan fingerprint density at radius 3 is 2.67 bits per heavy atom. The standard InChI is InChI=1S/C12H13BrN2O3/c1-14-6-8(11(16)17)7-15(12(14)18)10-5-3-2-4-9(10)13/h2-5,8H,6-7H2,1H3,(H,16,17). The van der Waals surface area contributed by atoms with Crippen LogP contribution in [0, 0.1) is 5.92 Å². The van der Waals surface area contributed by atoms with Gasteiger partial charge in [0.05, 0.1) is 11.6 Å². The Labute approximate surface area is 113 Å². The Morgan fingerprint density at radius 1 is 1.39 bits per heavy atom. The summed E-state index contributed by atoms with van der Waals surface area (Å²) in [6.45, 7) is 0.441. The van der Waals surface area contributed by atoms with Crippen molar-refractivity contribution in [3.8, 4) is 0 Å². The Hall–Kier alpha value is -1.56. The zero-order valence-electron chi connectivity index (χ0n) is 9.84. The molecule has 0 aliphatic carbocycles. The number of aliphatic carboxylic acids is 1. The lowest BCUT2D eigenvalue weighted by Gasteiger charge is -2.37. The van der Waals surface area contributed by atoms with Gasteiger partial charge in [0.1, 0.15) is 0 Å². The van der Waals surface area contributed by atoms with Crippen LogP contribution < -0.4 is 4.90 Å². The molecule has 1 aliphatic rings. The summed E-state index contributed by atoms with van der Waals surface area (Å²) in [6.07, 6.45) is 0. The van der Waals surface area contributed by atoms with E-state index in [4.69, 9.17) is 5.11 Å². The molecule has 1 aliphatic heterocycles. The van der Waals surface area contributed by atoms with Gasteiger partial charge in [0, 0.05) is 24.6 Å². The van der Waals surface area contributed by atoms with E-state index in [1.807, 2.05) is 18.2 Å². The maximum absolute atomic E-state index is 12.1. The summed E-state index contributed by atoms with van der Waals surface area (Å²) in [5, 5.41) is 9.10. The van der Waals surface area contributed by atoms with Gasteiger partial charge in [-0.25, -0.2) is 4.79 Å². The first-order valence-electron chi connectivity index (χ1n) is 5.50. The van der Waals surface area contributed by atoms with Crippen molar-refractivity contribution in [3.63, 3.8) is 0 Å². The van der Waals surface area contributed by atoms with E-state index in [1.54, 1.807) is 13.1 Å². The number of carbonyl (C=O) groups excluding carboxylic acids is 1. The average Bonchev–Trinajstić information content (AvgIpc) is 2.33. The van der Waals surface area contributed by atoms with Crippen molar-refractivity contribution >= 4 is 33.6 Å². The highest BCUT2D eigenvalue weighted by Crippen LogP contribution is 2.29. The number of amides is 2. The zero-order chi connectivity index (χ0) is 13.3. The van der Waals surface area contributed by atoms with Crippen LogP contribution >= 0.6 is 15.9 Å². The van der Waals surface area contributed by atoms with Gasteiger partial charge in [0.2, 0.25) is 0 Å². The van der Waals surface area contributed by atoms with Crippen LogP contribution in [0.2, 0.25) is 0 Å². The van der Waals surface area contributed by atoms with Crippen molar-refractivity contribution in [2.45, 2.75) is 0 Å². The maximum atomic E-state index is 12.1. The SMILES string of the molecule is CN1CC(C(=O)O)CN(c2ccccc2Br)C1=O. The van der Waals surface area contributed by atoms with Gasteiger partial charge in [0.25, 0.3) is 0 Å².